The molecular weight excluding hydrogens is 238 g/mol. The average Bonchev–Trinajstić information content (AvgIpc) is 2.30. The molecule has 0 aliphatic rings. The minimum absolute atomic E-state index is 0. The Morgan fingerprint density at radius 1 is 0.824 bits per heavy atom. The SMILES string of the molecule is Cl.Oc1ccccc1CNc1ccccc1O. The van der Waals surface area contributed by atoms with Crippen molar-refractivity contribution in [2.75, 3.05) is 5.32 Å². The molecule has 3 nitrogen and oxygen atoms in total. The van der Waals surface area contributed by atoms with Crippen LogP contribution in [0.3, 0.4) is 0 Å². The predicted octanol–water partition coefficient (Wildman–Crippen LogP) is 3.13. The molecule has 2 aromatic carbocycles. The van der Waals surface area contributed by atoms with E-state index in [1.54, 1.807) is 30.3 Å². The molecule has 0 atom stereocenters. The highest BCUT2D eigenvalue weighted by atomic mass is 35.5. The smallest absolute Gasteiger partial charge is 0.138 e. The van der Waals surface area contributed by atoms with Crippen LogP contribution in [0.2, 0.25) is 0 Å². The quantitative estimate of drug-likeness (QED) is 0.735. The Balaban J connectivity index is 0.00000144. The summed E-state index contributed by atoms with van der Waals surface area (Å²) in [6, 6.07) is 14.1. The Labute approximate surface area is 106 Å². The highest BCUT2D eigenvalue weighted by molar-refractivity contribution is 5.85. The average molecular weight is 252 g/mol. The first-order valence-electron chi connectivity index (χ1n) is 5.06. The Kier molecular flexibility index (Phi) is 4.67. The number of anilines is 1. The lowest BCUT2D eigenvalue weighted by Gasteiger charge is -2.09. The summed E-state index contributed by atoms with van der Waals surface area (Å²) in [6.45, 7) is 0.476. The molecule has 0 amide bonds. The van der Waals surface area contributed by atoms with Crippen LogP contribution in [0.4, 0.5) is 5.69 Å². The van der Waals surface area contributed by atoms with Crippen LogP contribution in [0.25, 0.3) is 0 Å². The van der Waals surface area contributed by atoms with Crippen LogP contribution in [-0.2, 0) is 6.54 Å². The molecule has 4 heteroatoms. The van der Waals surface area contributed by atoms with Crippen molar-refractivity contribution in [3.8, 4) is 11.5 Å². The first kappa shape index (κ1) is 13.2. The van der Waals surface area contributed by atoms with Crippen LogP contribution in [-0.4, -0.2) is 10.2 Å². The van der Waals surface area contributed by atoms with Crippen molar-refractivity contribution in [1.82, 2.24) is 0 Å². The number of benzene rings is 2. The maximum atomic E-state index is 9.56. The van der Waals surface area contributed by atoms with Gasteiger partial charge in [-0.2, -0.15) is 0 Å². The maximum absolute atomic E-state index is 9.56. The number of phenols is 2. The van der Waals surface area contributed by atoms with Crippen molar-refractivity contribution in [3.63, 3.8) is 0 Å². The highest BCUT2D eigenvalue weighted by Crippen LogP contribution is 2.23. The molecule has 0 spiro atoms. The van der Waals surface area contributed by atoms with Crippen molar-refractivity contribution in [3.05, 3.63) is 54.1 Å². The molecule has 0 fully saturated rings. The molecule has 17 heavy (non-hydrogen) atoms. The topological polar surface area (TPSA) is 52.5 Å². The number of nitrogens with one attached hydrogen (secondary N) is 1. The second kappa shape index (κ2) is 6.01. The predicted molar refractivity (Wildman–Crippen MR) is 70.8 cm³/mol. The van der Waals surface area contributed by atoms with Gasteiger partial charge in [0.05, 0.1) is 5.69 Å². The summed E-state index contributed by atoms with van der Waals surface area (Å²) in [5, 5.41) is 22.1. The van der Waals surface area contributed by atoms with Crippen molar-refractivity contribution in [2.45, 2.75) is 6.54 Å². The third kappa shape index (κ3) is 3.29. The molecule has 90 valence electrons. The van der Waals surface area contributed by atoms with E-state index in [1.165, 1.54) is 0 Å². The fraction of sp³-hybridized carbons (Fsp3) is 0.0769. The summed E-state index contributed by atoms with van der Waals surface area (Å²) in [7, 11) is 0. The third-order valence-electron chi connectivity index (χ3n) is 2.36. The van der Waals surface area contributed by atoms with Gasteiger partial charge < -0.3 is 15.5 Å². The van der Waals surface area contributed by atoms with Crippen molar-refractivity contribution >= 4 is 18.1 Å². The van der Waals surface area contributed by atoms with Gasteiger partial charge in [-0.3, -0.25) is 0 Å². The first-order chi connectivity index (χ1) is 7.77. The van der Waals surface area contributed by atoms with E-state index < -0.39 is 0 Å². The number of hydrogen-bond acceptors (Lipinski definition) is 3. The minimum atomic E-state index is 0. The summed E-state index contributed by atoms with van der Waals surface area (Å²) < 4.78 is 0. The fourth-order valence-corrected chi connectivity index (χ4v) is 1.47. The lowest BCUT2D eigenvalue weighted by Crippen LogP contribution is -1.99. The van der Waals surface area contributed by atoms with Gasteiger partial charge in [-0.05, 0) is 18.2 Å². The fourth-order valence-electron chi connectivity index (χ4n) is 1.47. The minimum Gasteiger partial charge on any atom is -0.508 e. The molecule has 0 heterocycles. The van der Waals surface area contributed by atoms with E-state index in [1.807, 2.05) is 18.2 Å². The monoisotopic (exact) mass is 251 g/mol. The summed E-state index contributed by atoms with van der Waals surface area (Å²) in [4.78, 5) is 0. The maximum Gasteiger partial charge on any atom is 0.138 e. The molecule has 0 unspecified atom stereocenters. The number of aromatic hydroxyl groups is 2. The van der Waals surface area contributed by atoms with Gasteiger partial charge >= 0.3 is 0 Å². The van der Waals surface area contributed by atoms with E-state index in [-0.39, 0.29) is 23.9 Å². The summed E-state index contributed by atoms with van der Waals surface area (Å²) >= 11 is 0. The van der Waals surface area contributed by atoms with Gasteiger partial charge in [0.15, 0.2) is 0 Å². The number of phenolic OH excluding ortho intramolecular Hbond substituents is 2. The zero-order valence-corrected chi connectivity index (χ0v) is 9.95. The van der Waals surface area contributed by atoms with Gasteiger partial charge in [0.1, 0.15) is 11.5 Å². The normalized spacial score (nSPS) is 9.41. The molecule has 2 rings (SSSR count). The molecule has 0 saturated carbocycles. The molecule has 2 aromatic rings. The molecule has 0 bridgehead atoms. The van der Waals surface area contributed by atoms with Crippen LogP contribution in [0, 0.1) is 0 Å². The van der Waals surface area contributed by atoms with Crippen LogP contribution < -0.4 is 5.32 Å². The number of rotatable bonds is 3. The highest BCUT2D eigenvalue weighted by Gasteiger charge is 2.01. The molecule has 3 N–H and O–H groups in total. The van der Waals surface area contributed by atoms with Crippen LogP contribution >= 0.6 is 12.4 Å². The van der Waals surface area contributed by atoms with Gasteiger partial charge in [0.2, 0.25) is 0 Å². The zero-order chi connectivity index (χ0) is 11.4. The van der Waals surface area contributed by atoms with E-state index in [0.717, 1.165) is 5.56 Å². The number of para-hydroxylation sites is 3. The van der Waals surface area contributed by atoms with Gasteiger partial charge in [-0.1, -0.05) is 30.3 Å². The molecule has 0 aliphatic heterocycles. The Morgan fingerprint density at radius 2 is 1.41 bits per heavy atom. The summed E-state index contributed by atoms with van der Waals surface area (Å²) in [5.41, 5.74) is 1.46. The van der Waals surface area contributed by atoms with E-state index in [2.05, 4.69) is 5.32 Å². The lowest BCUT2D eigenvalue weighted by atomic mass is 10.2. The Morgan fingerprint density at radius 3 is 2.06 bits per heavy atom. The van der Waals surface area contributed by atoms with Gasteiger partial charge in [0.25, 0.3) is 0 Å². The second-order valence-corrected chi connectivity index (χ2v) is 3.50. The standard InChI is InChI=1S/C13H13NO2.ClH/c15-12-7-3-1-5-10(12)9-14-11-6-2-4-8-13(11)16;/h1-8,14-16H,9H2;1H. The molecule has 0 saturated heterocycles. The van der Waals surface area contributed by atoms with Crippen LogP contribution in [0.15, 0.2) is 48.5 Å². The van der Waals surface area contributed by atoms with E-state index in [9.17, 15) is 10.2 Å². The van der Waals surface area contributed by atoms with Crippen molar-refractivity contribution in [1.29, 1.82) is 0 Å². The Hall–Kier alpha value is -1.87. The lowest BCUT2D eigenvalue weighted by molar-refractivity contribution is 0.468. The van der Waals surface area contributed by atoms with E-state index in [4.69, 9.17) is 0 Å². The zero-order valence-electron chi connectivity index (χ0n) is 9.13. The van der Waals surface area contributed by atoms with Gasteiger partial charge in [0, 0.05) is 12.1 Å². The second-order valence-electron chi connectivity index (χ2n) is 3.50. The Bertz CT molecular complexity index is 443. The van der Waals surface area contributed by atoms with Crippen LogP contribution in [0.1, 0.15) is 5.56 Å². The van der Waals surface area contributed by atoms with Gasteiger partial charge in [-0.25, -0.2) is 0 Å². The summed E-state index contributed by atoms with van der Waals surface area (Å²) in [5.74, 6) is 0.461. The van der Waals surface area contributed by atoms with E-state index in [0.29, 0.717) is 12.2 Å². The molecule has 0 aromatic heterocycles. The van der Waals surface area contributed by atoms with E-state index >= 15 is 0 Å². The number of hydrogen-bond donors (Lipinski definition) is 3. The van der Waals surface area contributed by atoms with Gasteiger partial charge in [-0.15, -0.1) is 12.4 Å². The first-order valence-corrected chi connectivity index (χ1v) is 5.06. The molecule has 0 radical (unpaired) electrons. The van der Waals surface area contributed by atoms with Crippen molar-refractivity contribution in [2.24, 2.45) is 0 Å². The molecule has 0 aliphatic carbocycles. The largest absolute Gasteiger partial charge is 0.508 e. The van der Waals surface area contributed by atoms with Crippen molar-refractivity contribution < 1.29 is 10.2 Å². The summed E-state index contributed by atoms with van der Waals surface area (Å²) in [6.07, 6.45) is 0. The third-order valence-corrected chi connectivity index (χ3v) is 2.36. The van der Waals surface area contributed by atoms with Crippen LogP contribution in [0.5, 0.6) is 11.5 Å². The molecular formula is C13H14ClNO2. The number of halogens is 1.